The molecule has 0 radical (unpaired) electrons. The summed E-state index contributed by atoms with van der Waals surface area (Å²) in [7, 11) is 5.95. The molecule has 1 aliphatic heterocycles. The van der Waals surface area contributed by atoms with Crippen molar-refractivity contribution in [2.75, 3.05) is 40.8 Å². The summed E-state index contributed by atoms with van der Waals surface area (Å²) < 4.78 is 0. The van der Waals surface area contributed by atoms with Gasteiger partial charge in [0.15, 0.2) is 0 Å². The maximum absolute atomic E-state index is 13.7. The fraction of sp³-hybridized carbons (Fsp3) is 0.640. The lowest BCUT2D eigenvalue weighted by atomic mass is 9.74. The second kappa shape index (κ2) is 11.1. The molecule has 0 bridgehead atoms. The quantitative estimate of drug-likeness (QED) is 0.614. The van der Waals surface area contributed by atoms with Crippen LogP contribution in [0.1, 0.15) is 38.5 Å². The van der Waals surface area contributed by atoms with Crippen LogP contribution in [0, 0.1) is 11.8 Å². The van der Waals surface area contributed by atoms with E-state index in [4.69, 9.17) is 0 Å². The summed E-state index contributed by atoms with van der Waals surface area (Å²) in [6.07, 6.45) is 11.9. The second-order valence-corrected chi connectivity index (χ2v) is 9.67. The van der Waals surface area contributed by atoms with Crippen LogP contribution in [0.5, 0.6) is 0 Å². The van der Waals surface area contributed by atoms with Gasteiger partial charge in [0, 0.05) is 38.5 Å². The molecule has 1 saturated heterocycles. The smallest absolute Gasteiger partial charge is 0.324 e. The molecule has 3 rings (SSSR count). The van der Waals surface area contributed by atoms with Crippen LogP contribution in [0.2, 0.25) is 0 Å². The highest BCUT2D eigenvalue weighted by Gasteiger charge is 2.43. The molecule has 0 spiro atoms. The van der Waals surface area contributed by atoms with E-state index < -0.39 is 0 Å². The largest absolute Gasteiger partial charge is 0.336 e. The fourth-order valence-electron chi connectivity index (χ4n) is 5.34. The minimum Gasteiger partial charge on any atom is -0.336 e. The van der Waals surface area contributed by atoms with E-state index in [1.165, 1.54) is 4.90 Å². The number of ketones is 1. The number of carbonyl (C=O) groups is 3. The number of hydrogen-bond acceptors (Lipinski definition) is 5. The third-order valence-electron chi connectivity index (χ3n) is 6.97. The molecular formula is C25H38N4O3. The van der Waals surface area contributed by atoms with E-state index in [0.29, 0.717) is 50.7 Å². The molecule has 1 heterocycles. The highest BCUT2D eigenvalue weighted by molar-refractivity contribution is 5.96. The summed E-state index contributed by atoms with van der Waals surface area (Å²) in [6, 6.07) is -0.208. The van der Waals surface area contributed by atoms with E-state index in [0.717, 1.165) is 24.8 Å². The van der Waals surface area contributed by atoms with E-state index in [1.54, 1.807) is 6.08 Å². The summed E-state index contributed by atoms with van der Waals surface area (Å²) in [4.78, 5) is 44.6. The van der Waals surface area contributed by atoms with Gasteiger partial charge in [-0.3, -0.25) is 14.5 Å². The average molecular weight is 443 g/mol. The Hall–Kier alpha value is -2.25. The van der Waals surface area contributed by atoms with Crippen molar-refractivity contribution in [3.05, 3.63) is 36.5 Å². The first-order valence-electron chi connectivity index (χ1n) is 11.8. The molecule has 3 aliphatic rings. The molecule has 3 amide bonds. The predicted octanol–water partition coefficient (Wildman–Crippen LogP) is 2.61. The molecule has 4 atom stereocenters. The molecule has 0 aromatic rings. The number of fused-ring (bicyclic) bond motifs is 1. The number of likely N-dealkylation sites (N-methyl/N-ethyl adjacent to an activating group) is 1. The second-order valence-electron chi connectivity index (χ2n) is 9.67. The van der Waals surface area contributed by atoms with Crippen molar-refractivity contribution in [3.63, 3.8) is 0 Å². The van der Waals surface area contributed by atoms with Crippen molar-refractivity contribution in [2.45, 2.75) is 50.6 Å². The van der Waals surface area contributed by atoms with Crippen molar-refractivity contribution < 1.29 is 14.4 Å². The average Bonchev–Trinajstić information content (AvgIpc) is 3.20. The number of carbonyl (C=O) groups excluding carboxylic acids is 3. The zero-order valence-corrected chi connectivity index (χ0v) is 19.8. The predicted molar refractivity (Wildman–Crippen MR) is 126 cm³/mol. The Morgan fingerprint density at radius 3 is 2.78 bits per heavy atom. The summed E-state index contributed by atoms with van der Waals surface area (Å²) in [5, 5.41) is 2.94. The third kappa shape index (κ3) is 5.95. The molecule has 32 heavy (non-hydrogen) atoms. The lowest BCUT2D eigenvalue weighted by Gasteiger charge is -2.45. The Kier molecular flexibility index (Phi) is 8.43. The van der Waals surface area contributed by atoms with Crippen molar-refractivity contribution in [1.82, 2.24) is 20.0 Å². The standard InChI is InChI=1S/C25H38N4O3/c1-5-6-7-18-8-9-21(14-18)29(25(32)26-12-13-27(2)3)24(31)20-15-19-16-22(30)10-11-23(19)28(4)17-20/h5-7,14,19-21,23H,1,8-13,15-17H2,2-4H3,(H,26,32)/b7-6-/t19-,20-,21+,23-/m1/s1. The topological polar surface area (TPSA) is 73.0 Å². The summed E-state index contributed by atoms with van der Waals surface area (Å²) in [6.45, 7) is 5.54. The molecular weight excluding hydrogens is 404 g/mol. The molecule has 7 nitrogen and oxygen atoms in total. The van der Waals surface area contributed by atoms with Gasteiger partial charge < -0.3 is 15.1 Å². The van der Waals surface area contributed by atoms with Crippen LogP contribution in [-0.4, -0.2) is 85.3 Å². The number of nitrogens with zero attached hydrogens (tertiary/aromatic N) is 3. The van der Waals surface area contributed by atoms with Gasteiger partial charge in [0.1, 0.15) is 5.78 Å². The minimum atomic E-state index is -0.323. The van der Waals surface area contributed by atoms with Crippen molar-refractivity contribution in [1.29, 1.82) is 0 Å². The number of piperidine rings is 1. The Morgan fingerprint density at radius 1 is 1.28 bits per heavy atom. The van der Waals surface area contributed by atoms with Gasteiger partial charge in [0.05, 0.1) is 12.0 Å². The third-order valence-corrected chi connectivity index (χ3v) is 6.97. The number of Topliss-reactive ketones (excluding diaryl/α,β-unsaturated/α-hetero) is 1. The molecule has 2 aliphatic carbocycles. The Labute approximate surface area is 192 Å². The molecule has 0 unspecified atom stereocenters. The fourth-order valence-corrected chi connectivity index (χ4v) is 5.34. The highest BCUT2D eigenvalue weighted by Crippen LogP contribution is 2.37. The molecule has 2 fully saturated rings. The Morgan fingerprint density at radius 2 is 2.06 bits per heavy atom. The number of allylic oxidation sites excluding steroid dienone is 4. The maximum Gasteiger partial charge on any atom is 0.324 e. The molecule has 0 aromatic carbocycles. The van der Waals surface area contributed by atoms with Crippen LogP contribution in [0.15, 0.2) is 36.5 Å². The molecule has 1 N–H and O–H groups in total. The zero-order valence-electron chi connectivity index (χ0n) is 19.8. The number of imide groups is 1. The van der Waals surface area contributed by atoms with E-state index in [1.807, 2.05) is 44.3 Å². The van der Waals surface area contributed by atoms with Crippen LogP contribution in [0.25, 0.3) is 0 Å². The van der Waals surface area contributed by atoms with Crippen molar-refractivity contribution in [2.24, 2.45) is 11.8 Å². The summed E-state index contributed by atoms with van der Waals surface area (Å²) in [5.41, 5.74) is 1.12. The number of rotatable bonds is 7. The number of likely N-dealkylation sites (tertiary alicyclic amines) is 1. The maximum atomic E-state index is 13.7. The SMILES string of the molecule is C=C/C=C\C1=C[C@@H](N(C(=O)NCCN(C)C)C(=O)[C@@H]2C[C@@H]3CC(=O)CC[C@H]3N(C)C2)CC1. The van der Waals surface area contributed by atoms with Gasteiger partial charge in [-0.2, -0.15) is 0 Å². The summed E-state index contributed by atoms with van der Waals surface area (Å²) >= 11 is 0. The van der Waals surface area contributed by atoms with E-state index >= 15 is 0 Å². The van der Waals surface area contributed by atoms with Gasteiger partial charge >= 0.3 is 6.03 Å². The van der Waals surface area contributed by atoms with E-state index in [2.05, 4.69) is 16.8 Å². The van der Waals surface area contributed by atoms with Crippen LogP contribution < -0.4 is 5.32 Å². The number of urea groups is 1. The normalized spacial score (nSPS) is 28.5. The molecule has 176 valence electrons. The lowest BCUT2D eigenvalue weighted by Crippen LogP contribution is -2.57. The van der Waals surface area contributed by atoms with Gasteiger partial charge in [-0.05, 0) is 58.3 Å². The van der Waals surface area contributed by atoms with Gasteiger partial charge in [0.25, 0.3) is 0 Å². The first kappa shape index (κ1) is 24.4. The van der Waals surface area contributed by atoms with Crippen LogP contribution in [-0.2, 0) is 9.59 Å². The van der Waals surface area contributed by atoms with Crippen LogP contribution >= 0.6 is 0 Å². The highest BCUT2D eigenvalue weighted by atomic mass is 16.2. The summed E-state index contributed by atoms with van der Waals surface area (Å²) in [5.74, 6) is 0.106. The monoisotopic (exact) mass is 442 g/mol. The van der Waals surface area contributed by atoms with E-state index in [-0.39, 0.29) is 29.8 Å². The van der Waals surface area contributed by atoms with Gasteiger partial charge in [-0.15, -0.1) is 0 Å². The lowest BCUT2D eigenvalue weighted by molar-refractivity contribution is -0.139. The van der Waals surface area contributed by atoms with Crippen LogP contribution in [0.4, 0.5) is 4.79 Å². The van der Waals surface area contributed by atoms with Crippen molar-refractivity contribution in [3.8, 4) is 0 Å². The minimum absolute atomic E-state index is 0.120. The number of amides is 3. The zero-order chi connectivity index (χ0) is 23.3. The molecule has 1 saturated carbocycles. The molecule has 7 heteroatoms. The molecule has 0 aromatic heterocycles. The number of hydrogen-bond donors (Lipinski definition) is 1. The van der Waals surface area contributed by atoms with Gasteiger partial charge in [0.2, 0.25) is 5.91 Å². The first-order valence-corrected chi connectivity index (χ1v) is 11.8. The van der Waals surface area contributed by atoms with Crippen molar-refractivity contribution >= 4 is 17.7 Å². The van der Waals surface area contributed by atoms with Gasteiger partial charge in [-0.1, -0.05) is 30.9 Å². The van der Waals surface area contributed by atoms with Gasteiger partial charge in [-0.25, -0.2) is 4.79 Å². The van der Waals surface area contributed by atoms with Crippen LogP contribution in [0.3, 0.4) is 0 Å². The Bertz CT molecular complexity index is 788. The Balaban J connectivity index is 1.77. The number of nitrogens with one attached hydrogen (secondary N) is 1. The van der Waals surface area contributed by atoms with E-state index in [9.17, 15) is 14.4 Å². The first-order chi connectivity index (χ1) is 15.3.